The summed E-state index contributed by atoms with van der Waals surface area (Å²) < 4.78 is 13.4. The number of rotatable bonds is 4. The second-order valence-electron chi connectivity index (χ2n) is 6.71. The van der Waals surface area contributed by atoms with Crippen LogP contribution in [0.1, 0.15) is 28.4 Å². The highest BCUT2D eigenvalue weighted by atomic mass is 16.5. The maximum absolute atomic E-state index is 12.8. The highest BCUT2D eigenvalue weighted by Crippen LogP contribution is 2.39. The summed E-state index contributed by atoms with van der Waals surface area (Å²) in [7, 11) is 1.97. The van der Waals surface area contributed by atoms with Crippen LogP contribution in [0, 0.1) is 6.92 Å². The molecule has 4 rings (SSSR count). The molecular formula is C22H19NO4. The Morgan fingerprint density at radius 2 is 2.00 bits per heavy atom. The van der Waals surface area contributed by atoms with E-state index in [1.54, 1.807) is 18.2 Å². The molecule has 5 nitrogen and oxygen atoms in total. The number of carbonyl (C=O) groups excluding carboxylic acids is 2. The minimum Gasteiger partial charge on any atom is -0.485 e. The highest BCUT2D eigenvalue weighted by molar-refractivity contribution is 6.15. The first-order valence-electron chi connectivity index (χ1n) is 8.70. The van der Waals surface area contributed by atoms with Gasteiger partial charge in [-0.25, -0.2) is 0 Å². The lowest BCUT2D eigenvalue weighted by Gasteiger charge is -2.10. The van der Waals surface area contributed by atoms with Crippen LogP contribution in [0.4, 0.5) is 0 Å². The minimum atomic E-state index is -0.154. The summed E-state index contributed by atoms with van der Waals surface area (Å²) in [5, 5.41) is 1.06. The first-order chi connectivity index (χ1) is 13.0. The number of carbonyl (C=O) groups is 2. The number of fused-ring (bicyclic) bond motifs is 2. The van der Waals surface area contributed by atoms with Gasteiger partial charge >= 0.3 is 0 Å². The Morgan fingerprint density at radius 1 is 1.22 bits per heavy atom. The molecule has 27 heavy (non-hydrogen) atoms. The van der Waals surface area contributed by atoms with Gasteiger partial charge in [-0.15, -0.1) is 0 Å². The van der Waals surface area contributed by atoms with Crippen molar-refractivity contribution in [1.29, 1.82) is 0 Å². The molecular weight excluding hydrogens is 342 g/mol. The van der Waals surface area contributed by atoms with Gasteiger partial charge in [0.2, 0.25) is 5.78 Å². The maximum Gasteiger partial charge on any atom is 0.231 e. The largest absolute Gasteiger partial charge is 0.485 e. The number of para-hydroxylation sites is 1. The van der Waals surface area contributed by atoms with Crippen LogP contribution in [0.5, 0.6) is 11.5 Å². The Kier molecular flexibility index (Phi) is 4.07. The second-order valence-corrected chi connectivity index (χ2v) is 6.71. The van der Waals surface area contributed by atoms with Crippen LogP contribution in [0.2, 0.25) is 0 Å². The highest BCUT2D eigenvalue weighted by Gasteiger charge is 2.30. The van der Waals surface area contributed by atoms with Crippen LogP contribution in [0.3, 0.4) is 0 Å². The van der Waals surface area contributed by atoms with Gasteiger partial charge in [-0.2, -0.15) is 0 Å². The molecule has 1 aliphatic heterocycles. The number of benzene rings is 2. The summed E-state index contributed by atoms with van der Waals surface area (Å²) in [4.78, 5) is 23.9. The normalized spacial score (nSPS) is 14.5. The zero-order valence-electron chi connectivity index (χ0n) is 15.4. The van der Waals surface area contributed by atoms with Gasteiger partial charge in [-0.05, 0) is 38.1 Å². The van der Waals surface area contributed by atoms with Gasteiger partial charge in [0, 0.05) is 35.3 Å². The van der Waals surface area contributed by atoms with Crippen LogP contribution in [-0.2, 0) is 11.8 Å². The van der Waals surface area contributed by atoms with E-state index in [9.17, 15) is 9.59 Å². The molecule has 3 aromatic rings. The standard InChI is InChI=1S/C22H19NO4/c1-13(24)12-26-19-9-8-17-21(25)20(27-22(17)14(19)2)10-15-11-23(3)18-7-5-4-6-16(15)18/h4-11H,12H2,1-3H3. The molecule has 0 spiro atoms. The zero-order valence-corrected chi connectivity index (χ0v) is 15.4. The number of aryl methyl sites for hydroxylation is 1. The van der Waals surface area contributed by atoms with Crippen LogP contribution >= 0.6 is 0 Å². The molecule has 2 aromatic carbocycles. The van der Waals surface area contributed by atoms with E-state index in [0.29, 0.717) is 22.6 Å². The fraction of sp³-hybridized carbons (Fsp3) is 0.182. The fourth-order valence-electron chi connectivity index (χ4n) is 3.33. The molecule has 0 bridgehead atoms. The summed E-state index contributed by atoms with van der Waals surface area (Å²) in [5.41, 5.74) is 3.23. The fourth-order valence-corrected chi connectivity index (χ4v) is 3.33. The van der Waals surface area contributed by atoms with E-state index in [0.717, 1.165) is 16.5 Å². The Bertz CT molecular complexity index is 1120. The monoisotopic (exact) mass is 361 g/mol. The van der Waals surface area contributed by atoms with Gasteiger partial charge in [0.1, 0.15) is 18.1 Å². The molecule has 0 aliphatic carbocycles. The third-order valence-corrected chi connectivity index (χ3v) is 4.68. The predicted octanol–water partition coefficient (Wildman–Crippen LogP) is 4.07. The van der Waals surface area contributed by atoms with Crippen molar-refractivity contribution in [2.75, 3.05) is 6.61 Å². The lowest BCUT2D eigenvalue weighted by molar-refractivity contribution is -0.118. The molecule has 1 aliphatic rings. The summed E-state index contributed by atoms with van der Waals surface area (Å²) in [5.74, 6) is 1.10. The smallest absolute Gasteiger partial charge is 0.231 e. The number of allylic oxidation sites excluding steroid dienone is 1. The van der Waals surface area contributed by atoms with Crippen molar-refractivity contribution in [3.63, 3.8) is 0 Å². The van der Waals surface area contributed by atoms with Crippen LogP contribution in [0.25, 0.3) is 17.0 Å². The van der Waals surface area contributed by atoms with Crippen molar-refractivity contribution >= 4 is 28.5 Å². The molecule has 5 heteroatoms. The number of ether oxygens (including phenoxy) is 2. The SMILES string of the molecule is CC(=O)COc1ccc2c(c1C)OC(=Cc1cn(C)c3ccccc13)C2=O. The van der Waals surface area contributed by atoms with Crippen LogP contribution < -0.4 is 9.47 Å². The summed E-state index contributed by atoms with van der Waals surface area (Å²) in [6.07, 6.45) is 3.76. The molecule has 2 heterocycles. The molecule has 0 radical (unpaired) electrons. The Balaban J connectivity index is 1.71. The van der Waals surface area contributed by atoms with Gasteiger partial charge in [0.05, 0.1) is 5.56 Å². The van der Waals surface area contributed by atoms with Crippen molar-refractivity contribution in [1.82, 2.24) is 4.57 Å². The molecule has 0 saturated carbocycles. The third kappa shape index (κ3) is 2.91. The van der Waals surface area contributed by atoms with E-state index in [-0.39, 0.29) is 23.9 Å². The maximum atomic E-state index is 12.8. The predicted molar refractivity (Wildman–Crippen MR) is 103 cm³/mol. The Hall–Kier alpha value is -3.34. The molecule has 0 fully saturated rings. The van der Waals surface area contributed by atoms with E-state index in [4.69, 9.17) is 9.47 Å². The summed E-state index contributed by atoms with van der Waals surface area (Å²) >= 11 is 0. The van der Waals surface area contributed by atoms with E-state index >= 15 is 0 Å². The molecule has 0 unspecified atom stereocenters. The Morgan fingerprint density at radius 3 is 2.78 bits per heavy atom. The van der Waals surface area contributed by atoms with E-state index < -0.39 is 0 Å². The number of aromatic nitrogens is 1. The number of hydrogen-bond acceptors (Lipinski definition) is 4. The Labute approximate surface area is 156 Å². The first kappa shape index (κ1) is 17.1. The van der Waals surface area contributed by atoms with Crippen LogP contribution in [0.15, 0.2) is 48.4 Å². The molecule has 0 amide bonds. The third-order valence-electron chi connectivity index (χ3n) is 4.68. The first-order valence-corrected chi connectivity index (χ1v) is 8.70. The van der Waals surface area contributed by atoms with Gasteiger partial charge in [-0.1, -0.05) is 18.2 Å². The van der Waals surface area contributed by atoms with Crippen molar-refractivity contribution in [2.24, 2.45) is 7.05 Å². The van der Waals surface area contributed by atoms with Gasteiger partial charge < -0.3 is 14.0 Å². The quantitative estimate of drug-likeness (QED) is 0.657. The average Bonchev–Trinajstić information content (AvgIpc) is 3.13. The topological polar surface area (TPSA) is 57.5 Å². The van der Waals surface area contributed by atoms with Crippen molar-refractivity contribution in [2.45, 2.75) is 13.8 Å². The van der Waals surface area contributed by atoms with E-state index in [1.165, 1.54) is 6.92 Å². The number of Topliss-reactive ketones (excluding diaryl/α,β-unsaturated/α-hetero) is 2. The zero-order chi connectivity index (χ0) is 19.1. The van der Waals surface area contributed by atoms with Crippen LogP contribution in [-0.4, -0.2) is 22.7 Å². The van der Waals surface area contributed by atoms with Crippen molar-refractivity contribution in [3.8, 4) is 11.5 Å². The molecule has 136 valence electrons. The number of hydrogen-bond donors (Lipinski definition) is 0. The van der Waals surface area contributed by atoms with Crippen molar-refractivity contribution in [3.05, 3.63) is 65.0 Å². The average molecular weight is 361 g/mol. The summed E-state index contributed by atoms with van der Waals surface area (Å²) in [6.45, 7) is 3.28. The summed E-state index contributed by atoms with van der Waals surface area (Å²) in [6, 6.07) is 11.4. The second kappa shape index (κ2) is 6.43. The molecule has 1 aromatic heterocycles. The molecule has 0 N–H and O–H groups in total. The van der Waals surface area contributed by atoms with Crippen molar-refractivity contribution < 1.29 is 19.1 Å². The molecule has 0 saturated heterocycles. The minimum absolute atomic E-state index is 0.00766. The lowest BCUT2D eigenvalue weighted by Crippen LogP contribution is -2.07. The number of ketones is 2. The lowest BCUT2D eigenvalue weighted by atomic mass is 10.1. The van der Waals surface area contributed by atoms with E-state index in [1.807, 2.05) is 49.0 Å². The van der Waals surface area contributed by atoms with E-state index in [2.05, 4.69) is 0 Å². The van der Waals surface area contributed by atoms with Gasteiger partial charge in [0.15, 0.2) is 11.5 Å². The molecule has 0 atom stereocenters. The van der Waals surface area contributed by atoms with Gasteiger partial charge in [-0.3, -0.25) is 9.59 Å². The number of nitrogens with zero attached hydrogens (tertiary/aromatic N) is 1. The van der Waals surface area contributed by atoms with Gasteiger partial charge in [0.25, 0.3) is 0 Å².